The Bertz CT molecular complexity index is 1200. The molecule has 0 saturated carbocycles. The Kier molecular flexibility index (Phi) is 6.17. The highest BCUT2D eigenvalue weighted by Crippen LogP contribution is 2.29. The number of benzene rings is 2. The number of amides is 4. The molecule has 1 atom stereocenters. The molecular weight excluding hydrogens is 468 g/mol. The number of rotatable bonds is 5. The molecule has 4 amide bonds. The first-order chi connectivity index (χ1) is 15.6. The van der Waals surface area contributed by atoms with E-state index in [0.29, 0.717) is 5.56 Å². The van der Waals surface area contributed by atoms with Gasteiger partial charge in [0.25, 0.3) is 5.91 Å². The van der Waals surface area contributed by atoms with Gasteiger partial charge in [-0.1, -0.05) is 54.1 Å². The zero-order chi connectivity index (χ0) is 23.8. The topological polar surface area (TPSA) is 107 Å². The molecule has 9 nitrogen and oxygen atoms in total. The first-order valence-corrected chi connectivity index (χ1v) is 12.2. The summed E-state index contributed by atoms with van der Waals surface area (Å²) in [6.07, 6.45) is 0. The van der Waals surface area contributed by atoms with Gasteiger partial charge < -0.3 is 10.2 Å². The monoisotopic (exact) mass is 490 g/mol. The molecule has 0 radical (unpaired) electrons. The smallest absolute Gasteiger partial charge is 0.325 e. The number of hydrogen-bond acceptors (Lipinski definition) is 5. The van der Waals surface area contributed by atoms with E-state index in [-0.39, 0.29) is 36.1 Å². The fourth-order valence-electron chi connectivity index (χ4n) is 4.01. The third kappa shape index (κ3) is 4.21. The Morgan fingerprint density at radius 2 is 1.61 bits per heavy atom. The van der Waals surface area contributed by atoms with Gasteiger partial charge in [0.2, 0.25) is 15.9 Å². The predicted octanol–water partition coefficient (Wildman–Crippen LogP) is 1.64. The maximum atomic E-state index is 13.0. The van der Waals surface area contributed by atoms with Crippen LogP contribution in [-0.2, 0) is 25.2 Å². The van der Waals surface area contributed by atoms with Crippen molar-refractivity contribution in [2.24, 2.45) is 0 Å². The standard InChI is InChI=1S/C22H23ClN4O5S/c1-22(16-7-3-2-4-8-16)20(29)27(21(30)24-22)15-19(28)25-11-13-26(14-12-25)33(31,32)18-10-6-5-9-17(18)23/h2-10H,11-15H2,1H3,(H,24,30). The average Bonchev–Trinajstić information content (AvgIpc) is 3.03. The lowest BCUT2D eigenvalue weighted by molar-refractivity contribution is -0.139. The van der Waals surface area contributed by atoms with Gasteiger partial charge in [-0.25, -0.2) is 13.2 Å². The van der Waals surface area contributed by atoms with Gasteiger partial charge >= 0.3 is 6.03 Å². The largest absolute Gasteiger partial charge is 0.338 e. The van der Waals surface area contributed by atoms with E-state index in [1.54, 1.807) is 49.4 Å². The third-order valence-corrected chi connectivity index (χ3v) is 8.36. The van der Waals surface area contributed by atoms with E-state index in [1.807, 2.05) is 0 Å². The van der Waals surface area contributed by atoms with Crippen molar-refractivity contribution >= 4 is 39.5 Å². The van der Waals surface area contributed by atoms with Gasteiger partial charge in [-0.05, 0) is 24.6 Å². The Morgan fingerprint density at radius 1 is 1.00 bits per heavy atom. The lowest BCUT2D eigenvalue weighted by atomic mass is 9.92. The van der Waals surface area contributed by atoms with E-state index in [4.69, 9.17) is 11.6 Å². The van der Waals surface area contributed by atoms with Crippen LogP contribution in [0.1, 0.15) is 12.5 Å². The lowest BCUT2D eigenvalue weighted by Gasteiger charge is -2.34. The van der Waals surface area contributed by atoms with Crippen LogP contribution >= 0.6 is 11.6 Å². The minimum absolute atomic E-state index is 0.0194. The number of carbonyl (C=O) groups is 3. The first kappa shape index (κ1) is 23.2. The number of urea groups is 1. The lowest BCUT2D eigenvalue weighted by Crippen LogP contribution is -2.53. The number of hydrogen-bond donors (Lipinski definition) is 1. The molecular formula is C22H23ClN4O5S. The summed E-state index contributed by atoms with van der Waals surface area (Å²) in [4.78, 5) is 40.7. The van der Waals surface area contributed by atoms with Crippen LogP contribution in [0.25, 0.3) is 0 Å². The van der Waals surface area contributed by atoms with Crippen molar-refractivity contribution in [3.05, 3.63) is 65.2 Å². The van der Waals surface area contributed by atoms with Crippen LogP contribution in [0.2, 0.25) is 5.02 Å². The second-order valence-corrected chi connectivity index (χ2v) is 10.3. The molecule has 4 rings (SSSR count). The normalized spacial score (nSPS) is 21.9. The van der Waals surface area contributed by atoms with Crippen LogP contribution < -0.4 is 5.32 Å². The Morgan fingerprint density at radius 3 is 2.24 bits per heavy atom. The Balaban J connectivity index is 1.40. The quantitative estimate of drug-likeness (QED) is 0.641. The molecule has 0 aromatic heterocycles. The van der Waals surface area contributed by atoms with Crippen molar-refractivity contribution in [3.63, 3.8) is 0 Å². The molecule has 2 aliphatic rings. The summed E-state index contributed by atoms with van der Waals surface area (Å²) in [6.45, 7) is 1.64. The molecule has 2 saturated heterocycles. The molecule has 11 heteroatoms. The van der Waals surface area contributed by atoms with Gasteiger partial charge in [-0.3, -0.25) is 14.5 Å². The van der Waals surface area contributed by atoms with Gasteiger partial charge in [-0.2, -0.15) is 4.31 Å². The van der Waals surface area contributed by atoms with Crippen molar-refractivity contribution in [3.8, 4) is 0 Å². The highest BCUT2D eigenvalue weighted by atomic mass is 35.5. The molecule has 2 fully saturated rings. The van der Waals surface area contributed by atoms with Crippen molar-refractivity contribution in [1.82, 2.24) is 19.4 Å². The summed E-state index contributed by atoms with van der Waals surface area (Å²) in [7, 11) is -3.79. The summed E-state index contributed by atoms with van der Waals surface area (Å²) < 4.78 is 27.1. The molecule has 0 spiro atoms. The molecule has 2 aromatic carbocycles. The minimum atomic E-state index is -3.79. The summed E-state index contributed by atoms with van der Waals surface area (Å²) in [6, 6.07) is 14.4. The second-order valence-electron chi connectivity index (χ2n) is 8.03. The number of imide groups is 1. The summed E-state index contributed by atoms with van der Waals surface area (Å²) in [5.41, 5.74) is -0.628. The molecule has 2 aromatic rings. The molecule has 33 heavy (non-hydrogen) atoms. The number of sulfonamides is 1. The van der Waals surface area contributed by atoms with Crippen LogP contribution in [0.3, 0.4) is 0 Å². The SMILES string of the molecule is CC1(c2ccccc2)NC(=O)N(CC(=O)N2CCN(S(=O)(=O)c3ccccc3Cl)CC2)C1=O. The number of nitrogens with zero attached hydrogens (tertiary/aromatic N) is 3. The zero-order valence-corrected chi connectivity index (χ0v) is 19.5. The molecule has 0 bridgehead atoms. The summed E-state index contributed by atoms with van der Waals surface area (Å²) in [5.74, 6) is -0.933. The van der Waals surface area contributed by atoms with Crippen LogP contribution in [-0.4, -0.2) is 73.1 Å². The number of halogens is 1. The van der Waals surface area contributed by atoms with Gasteiger partial charge in [0.1, 0.15) is 17.0 Å². The average molecular weight is 491 g/mol. The highest BCUT2D eigenvalue weighted by molar-refractivity contribution is 7.89. The van der Waals surface area contributed by atoms with E-state index >= 15 is 0 Å². The van der Waals surface area contributed by atoms with Gasteiger partial charge in [0.15, 0.2) is 0 Å². The number of nitrogens with one attached hydrogen (secondary N) is 1. The summed E-state index contributed by atoms with van der Waals surface area (Å²) in [5, 5.41) is 2.81. The van der Waals surface area contributed by atoms with Crippen molar-refractivity contribution in [2.75, 3.05) is 32.7 Å². The molecule has 2 aliphatic heterocycles. The van der Waals surface area contributed by atoms with E-state index in [2.05, 4.69) is 5.32 Å². The van der Waals surface area contributed by atoms with Crippen LogP contribution in [0.5, 0.6) is 0 Å². The molecule has 0 aliphatic carbocycles. The van der Waals surface area contributed by atoms with Gasteiger partial charge in [0.05, 0.1) is 5.02 Å². The maximum absolute atomic E-state index is 13.0. The fourth-order valence-corrected chi connectivity index (χ4v) is 5.93. The maximum Gasteiger partial charge on any atom is 0.325 e. The van der Waals surface area contributed by atoms with Gasteiger partial charge in [0, 0.05) is 26.2 Å². The molecule has 2 heterocycles. The third-order valence-electron chi connectivity index (χ3n) is 5.97. The summed E-state index contributed by atoms with van der Waals surface area (Å²) >= 11 is 6.05. The highest BCUT2D eigenvalue weighted by Gasteiger charge is 2.49. The van der Waals surface area contributed by atoms with E-state index in [0.717, 1.165) is 4.90 Å². The van der Waals surface area contributed by atoms with E-state index < -0.39 is 40.0 Å². The molecule has 1 unspecified atom stereocenters. The van der Waals surface area contributed by atoms with Crippen molar-refractivity contribution in [2.45, 2.75) is 17.4 Å². The molecule has 174 valence electrons. The van der Waals surface area contributed by atoms with Crippen LogP contribution in [0.15, 0.2) is 59.5 Å². The number of carbonyl (C=O) groups excluding carboxylic acids is 3. The number of piperazine rings is 1. The molecule has 1 N–H and O–H groups in total. The minimum Gasteiger partial charge on any atom is -0.338 e. The second kappa shape index (κ2) is 8.77. The first-order valence-electron chi connectivity index (χ1n) is 10.4. The zero-order valence-electron chi connectivity index (χ0n) is 17.9. The van der Waals surface area contributed by atoms with Gasteiger partial charge in [-0.15, -0.1) is 0 Å². The van der Waals surface area contributed by atoms with Crippen LogP contribution in [0, 0.1) is 0 Å². The van der Waals surface area contributed by atoms with E-state index in [1.165, 1.54) is 21.3 Å². The Hall–Kier alpha value is -2.95. The van der Waals surface area contributed by atoms with Crippen molar-refractivity contribution < 1.29 is 22.8 Å². The predicted molar refractivity (Wildman–Crippen MR) is 121 cm³/mol. The van der Waals surface area contributed by atoms with E-state index in [9.17, 15) is 22.8 Å². The Labute approximate surface area is 197 Å². The van der Waals surface area contributed by atoms with Crippen molar-refractivity contribution in [1.29, 1.82) is 0 Å². The van der Waals surface area contributed by atoms with Crippen LogP contribution in [0.4, 0.5) is 4.79 Å². The fraction of sp³-hybridized carbons (Fsp3) is 0.318.